The molecule has 304 valence electrons. The third kappa shape index (κ3) is 5.82. The van der Waals surface area contributed by atoms with Crippen LogP contribution in [0.1, 0.15) is 76.0 Å². The van der Waals surface area contributed by atoms with Crippen LogP contribution in [-0.4, -0.2) is 18.4 Å². The minimum absolute atomic E-state index is 0.0889. The Kier molecular flexibility index (Phi) is 8.56. The van der Waals surface area contributed by atoms with Crippen molar-refractivity contribution in [2.45, 2.75) is 59.3 Å². The first-order chi connectivity index (χ1) is 30.7. The smallest absolute Gasteiger partial charge is 0.262 e. The van der Waals surface area contributed by atoms with E-state index in [1.165, 1.54) is 39.0 Å². The van der Waals surface area contributed by atoms with Gasteiger partial charge in [0.15, 0.2) is 0 Å². The largest absolute Gasteiger partial charge is 0.458 e. The molecule has 1 aromatic heterocycles. The number of hydrogen-bond donors (Lipinski definition) is 0. The standard InChI is InChI=1S/C56H47B2N3O2/c1-33(2)36-20-24-41(25-21-36)60-47-18-12-10-16-43(47)57-45-32-46-56(59-55(45)61(42-26-22-37(23-27-42)34(3)4)49-29-39(35(5)6)28-48(60)53(49)57)63-52-31-40(38-14-8-7-9-15-38)30-51-54(52)58(46)44-17-11-13-19-50(44)62-51/h7-35H,1-6H3. The minimum atomic E-state index is -0.135. The van der Waals surface area contributed by atoms with Crippen LogP contribution in [-0.2, 0) is 0 Å². The first-order valence-electron chi connectivity index (χ1n) is 22.5. The van der Waals surface area contributed by atoms with Gasteiger partial charge >= 0.3 is 0 Å². The van der Waals surface area contributed by atoms with Crippen molar-refractivity contribution in [3.8, 4) is 34.3 Å². The first kappa shape index (κ1) is 37.8. The molecule has 0 fully saturated rings. The quantitative estimate of drug-likeness (QED) is 0.156. The lowest BCUT2D eigenvalue weighted by Crippen LogP contribution is -2.64. The normalized spacial score (nSPS) is 13.8. The molecule has 0 spiro atoms. The van der Waals surface area contributed by atoms with Crippen LogP contribution < -0.4 is 52.1 Å². The average molecular weight is 816 g/mol. The molecule has 0 radical (unpaired) electrons. The number of pyridine rings is 1. The number of anilines is 6. The number of fused-ring (bicyclic) bond motifs is 8. The van der Waals surface area contributed by atoms with Gasteiger partial charge < -0.3 is 14.4 Å². The Labute approximate surface area is 371 Å². The highest BCUT2D eigenvalue weighted by molar-refractivity contribution is 7.02. The zero-order valence-corrected chi connectivity index (χ0v) is 36.6. The Morgan fingerprint density at radius 3 is 1.63 bits per heavy atom. The summed E-state index contributed by atoms with van der Waals surface area (Å²) in [5.41, 5.74) is 18.7. The van der Waals surface area contributed by atoms with Crippen molar-refractivity contribution in [2.24, 2.45) is 0 Å². The van der Waals surface area contributed by atoms with Gasteiger partial charge in [-0.1, -0.05) is 139 Å². The number of rotatable bonds is 6. The fourth-order valence-corrected chi connectivity index (χ4v) is 10.4. The number of nitrogens with zero attached hydrogens (tertiary/aromatic N) is 3. The zero-order valence-electron chi connectivity index (χ0n) is 36.6. The summed E-state index contributed by atoms with van der Waals surface area (Å²) in [6.07, 6.45) is 0. The fourth-order valence-electron chi connectivity index (χ4n) is 10.4. The van der Waals surface area contributed by atoms with E-state index in [4.69, 9.17) is 14.5 Å². The molecule has 8 aromatic rings. The van der Waals surface area contributed by atoms with Crippen LogP contribution in [0.15, 0.2) is 158 Å². The summed E-state index contributed by atoms with van der Waals surface area (Å²) < 4.78 is 13.9. The molecule has 4 aliphatic heterocycles. The third-order valence-electron chi connectivity index (χ3n) is 13.7. The number of hydrogen-bond acceptors (Lipinski definition) is 5. The van der Waals surface area contributed by atoms with Crippen molar-refractivity contribution in [2.75, 3.05) is 9.80 Å². The molecule has 63 heavy (non-hydrogen) atoms. The molecular formula is C56H47B2N3O2. The summed E-state index contributed by atoms with van der Waals surface area (Å²) in [6.45, 7) is 13.4. The Bertz CT molecular complexity index is 3130. The van der Waals surface area contributed by atoms with Gasteiger partial charge in [-0.05, 0) is 134 Å². The van der Waals surface area contributed by atoms with Crippen LogP contribution in [0.3, 0.4) is 0 Å². The van der Waals surface area contributed by atoms with Crippen LogP contribution in [0.25, 0.3) is 11.1 Å². The summed E-state index contributed by atoms with van der Waals surface area (Å²) in [4.78, 5) is 10.7. The summed E-state index contributed by atoms with van der Waals surface area (Å²) in [5, 5.41) is 0. The van der Waals surface area contributed by atoms with E-state index in [9.17, 15) is 0 Å². The molecule has 7 heteroatoms. The van der Waals surface area contributed by atoms with E-state index in [1.807, 2.05) is 6.07 Å². The molecule has 0 saturated carbocycles. The molecule has 4 aliphatic rings. The summed E-state index contributed by atoms with van der Waals surface area (Å²) in [7, 11) is 0. The van der Waals surface area contributed by atoms with Crippen LogP contribution in [0, 0.1) is 0 Å². The van der Waals surface area contributed by atoms with Crippen molar-refractivity contribution >= 4 is 80.5 Å². The van der Waals surface area contributed by atoms with Crippen molar-refractivity contribution in [3.05, 3.63) is 174 Å². The number of ether oxygens (including phenoxy) is 2. The van der Waals surface area contributed by atoms with Gasteiger partial charge in [0.05, 0.1) is 0 Å². The van der Waals surface area contributed by atoms with Crippen molar-refractivity contribution < 1.29 is 9.47 Å². The highest BCUT2D eigenvalue weighted by Crippen LogP contribution is 2.46. The molecule has 7 aromatic carbocycles. The first-order valence-corrected chi connectivity index (χ1v) is 22.5. The third-order valence-corrected chi connectivity index (χ3v) is 13.7. The molecule has 0 bridgehead atoms. The van der Waals surface area contributed by atoms with Crippen LogP contribution in [0.5, 0.6) is 23.1 Å². The second-order valence-electron chi connectivity index (χ2n) is 18.5. The molecule has 5 nitrogen and oxygen atoms in total. The van der Waals surface area contributed by atoms with Crippen LogP contribution in [0.4, 0.5) is 34.3 Å². The van der Waals surface area contributed by atoms with E-state index in [2.05, 4.69) is 203 Å². The zero-order chi connectivity index (χ0) is 42.7. The van der Waals surface area contributed by atoms with Crippen molar-refractivity contribution in [3.63, 3.8) is 0 Å². The Balaban J connectivity index is 1.14. The van der Waals surface area contributed by atoms with Gasteiger partial charge in [-0.2, -0.15) is 4.98 Å². The van der Waals surface area contributed by atoms with Crippen molar-refractivity contribution in [1.29, 1.82) is 0 Å². The van der Waals surface area contributed by atoms with Gasteiger partial charge in [0.2, 0.25) is 5.88 Å². The Morgan fingerprint density at radius 1 is 0.413 bits per heavy atom. The van der Waals surface area contributed by atoms with Gasteiger partial charge in [-0.15, -0.1) is 0 Å². The number of aromatic nitrogens is 1. The van der Waals surface area contributed by atoms with E-state index in [0.29, 0.717) is 17.7 Å². The second kappa shape index (κ2) is 14.3. The van der Waals surface area contributed by atoms with E-state index in [0.717, 1.165) is 73.1 Å². The molecule has 0 saturated heterocycles. The lowest BCUT2D eigenvalue weighted by molar-refractivity contribution is 0.454. The Hall–Kier alpha value is -6.98. The average Bonchev–Trinajstić information content (AvgIpc) is 3.31. The molecule has 0 amide bonds. The maximum Gasteiger partial charge on any atom is 0.262 e. The summed E-state index contributed by atoms with van der Waals surface area (Å²) in [5.74, 6) is 5.12. The maximum atomic E-state index is 7.10. The topological polar surface area (TPSA) is 37.8 Å². The molecular weight excluding hydrogens is 768 g/mol. The van der Waals surface area contributed by atoms with Gasteiger partial charge in [0.25, 0.3) is 13.4 Å². The van der Waals surface area contributed by atoms with Gasteiger partial charge in [0.1, 0.15) is 23.1 Å². The van der Waals surface area contributed by atoms with E-state index in [-0.39, 0.29) is 19.3 Å². The highest BCUT2D eigenvalue weighted by Gasteiger charge is 2.48. The number of benzene rings is 7. The molecule has 0 N–H and O–H groups in total. The van der Waals surface area contributed by atoms with Gasteiger partial charge in [-0.3, -0.25) is 4.90 Å². The lowest BCUT2D eigenvalue weighted by Gasteiger charge is -2.44. The van der Waals surface area contributed by atoms with Gasteiger partial charge in [0, 0.05) is 33.9 Å². The highest BCUT2D eigenvalue weighted by atomic mass is 16.5. The summed E-state index contributed by atoms with van der Waals surface area (Å²) in [6, 6.07) is 57.9. The molecule has 0 unspecified atom stereocenters. The maximum absolute atomic E-state index is 7.10. The molecule has 12 rings (SSSR count). The number of para-hydroxylation sites is 2. The predicted octanol–water partition coefficient (Wildman–Crippen LogP) is 10.9. The predicted molar refractivity (Wildman–Crippen MR) is 264 cm³/mol. The van der Waals surface area contributed by atoms with Crippen LogP contribution >= 0.6 is 0 Å². The molecule has 0 aliphatic carbocycles. The van der Waals surface area contributed by atoms with E-state index in [1.54, 1.807) is 0 Å². The summed E-state index contributed by atoms with van der Waals surface area (Å²) >= 11 is 0. The second-order valence-corrected chi connectivity index (χ2v) is 18.5. The SMILES string of the molecule is CC(C)c1ccc(N2c3ccccc3B3c4cc5c(nc4N(c4ccc(C(C)C)cc4)c4cc(C(C)C)cc2c43)Oc2cc(-c3ccccc3)cc3c2B5c2ccccc2O3)cc1. The van der Waals surface area contributed by atoms with E-state index >= 15 is 0 Å². The fraction of sp³-hybridized carbons (Fsp3) is 0.161. The minimum Gasteiger partial charge on any atom is -0.458 e. The van der Waals surface area contributed by atoms with Crippen molar-refractivity contribution in [1.82, 2.24) is 4.98 Å². The molecule has 0 atom stereocenters. The van der Waals surface area contributed by atoms with E-state index < -0.39 is 0 Å². The van der Waals surface area contributed by atoms with Gasteiger partial charge in [-0.25, -0.2) is 0 Å². The Morgan fingerprint density at radius 2 is 0.968 bits per heavy atom. The molecule has 5 heterocycles. The lowest BCUT2D eigenvalue weighted by atomic mass is 9.31. The monoisotopic (exact) mass is 815 g/mol. The van der Waals surface area contributed by atoms with Crippen LogP contribution in [0.2, 0.25) is 0 Å².